The van der Waals surface area contributed by atoms with Crippen LogP contribution in [0, 0.1) is 5.41 Å². The summed E-state index contributed by atoms with van der Waals surface area (Å²) in [6.45, 7) is 4.34. The highest BCUT2D eigenvalue weighted by molar-refractivity contribution is 5.99. The maximum absolute atomic E-state index is 12.8. The lowest BCUT2D eigenvalue weighted by Gasteiger charge is -2.39. The molecule has 0 bridgehead atoms. The van der Waals surface area contributed by atoms with E-state index in [4.69, 9.17) is 0 Å². The zero-order valence-electron chi connectivity index (χ0n) is 15.5. The molecule has 4 rings (SSSR count). The van der Waals surface area contributed by atoms with Crippen LogP contribution in [0.3, 0.4) is 0 Å². The van der Waals surface area contributed by atoms with Gasteiger partial charge in [-0.15, -0.1) is 0 Å². The van der Waals surface area contributed by atoms with Gasteiger partial charge in [-0.25, -0.2) is 9.78 Å². The number of anilines is 1. The smallest absolute Gasteiger partial charge is 0.318 e. The third kappa shape index (κ3) is 3.67. The number of nitrogens with zero attached hydrogens (tertiary/aromatic N) is 4. The molecule has 142 valence electrons. The lowest BCUT2D eigenvalue weighted by atomic mass is 10.1. The Kier molecular flexibility index (Phi) is 4.59. The number of aromatic nitrogens is 2. The zero-order chi connectivity index (χ0) is 18.9. The average molecular weight is 367 g/mol. The molecule has 1 N–H and O–H groups in total. The molecule has 27 heavy (non-hydrogen) atoms. The highest BCUT2D eigenvalue weighted by Gasteiger charge is 2.44. The molecule has 7 heteroatoms. The Balaban J connectivity index is 1.34. The topological polar surface area (TPSA) is 70.5 Å². The predicted molar refractivity (Wildman–Crippen MR) is 102 cm³/mol. The summed E-state index contributed by atoms with van der Waals surface area (Å²) in [6.07, 6.45) is 7.73. The number of benzene rings is 1. The fourth-order valence-electron chi connectivity index (χ4n) is 3.71. The summed E-state index contributed by atoms with van der Waals surface area (Å²) in [5.74, 6) is -0.0397. The lowest BCUT2D eigenvalue weighted by Crippen LogP contribution is -2.60. The molecule has 1 atom stereocenters. The minimum Gasteiger partial charge on any atom is -0.337 e. The van der Waals surface area contributed by atoms with E-state index >= 15 is 0 Å². The van der Waals surface area contributed by atoms with E-state index in [-0.39, 0.29) is 17.4 Å². The normalized spacial score (nSPS) is 21.2. The van der Waals surface area contributed by atoms with Crippen molar-refractivity contribution in [3.8, 4) is 0 Å². The van der Waals surface area contributed by atoms with Crippen molar-refractivity contribution in [1.29, 1.82) is 0 Å². The van der Waals surface area contributed by atoms with Crippen LogP contribution in [0.15, 0.2) is 49.1 Å². The second-order valence-electron chi connectivity index (χ2n) is 7.59. The molecule has 2 heterocycles. The number of piperazine rings is 1. The Morgan fingerprint density at radius 1 is 1.26 bits per heavy atom. The van der Waals surface area contributed by atoms with Crippen LogP contribution in [0.5, 0.6) is 0 Å². The number of nitrogens with one attached hydrogen (secondary N) is 1. The second kappa shape index (κ2) is 7.06. The van der Waals surface area contributed by atoms with Crippen LogP contribution >= 0.6 is 0 Å². The molecule has 2 aromatic rings. The molecule has 1 unspecified atom stereocenters. The Labute approximate surface area is 159 Å². The average Bonchev–Trinajstić information content (AvgIpc) is 3.25. The Morgan fingerprint density at radius 2 is 2.04 bits per heavy atom. The number of para-hydroxylation sites is 1. The predicted octanol–water partition coefficient (Wildman–Crippen LogP) is 2.11. The molecule has 0 spiro atoms. The van der Waals surface area contributed by atoms with Gasteiger partial charge in [0.2, 0.25) is 5.91 Å². The molecular weight excluding hydrogens is 342 g/mol. The van der Waals surface area contributed by atoms with Gasteiger partial charge in [-0.3, -0.25) is 4.79 Å². The van der Waals surface area contributed by atoms with E-state index in [9.17, 15) is 9.59 Å². The van der Waals surface area contributed by atoms with E-state index in [1.165, 1.54) is 0 Å². The van der Waals surface area contributed by atoms with Gasteiger partial charge in [0.25, 0.3) is 0 Å². The lowest BCUT2D eigenvalue weighted by molar-refractivity contribution is -0.124. The maximum atomic E-state index is 12.8. The van der Waals surface area contributed by atoms with Gasteiger partial charge in [-0.05, 0) is 31.9 Å². The number of hydrogen-bond acceptors (Lipinski definition) is 3. The fraction of sp³-hybridized carbons (Fsp3) is 0.450. The molecular formula is C20H25N5O2. The van der Waals surface area contributed by atoms with Crippen molar-refractivity contribution < 1.29 is 9.59 Å². The van der Waals surface area contributed by atoms with Gasteiger partial charge in [-0.2, -0.15) is 0 Å². The summed E-state index contributed by atoms with van der Waals surface area (Å²) in [4.78, 5) is 32.9. The van der Waals surface area contributed by atoms with Crippen LogP contribution in [-0.4, -0.2) is 52.1 Å². The van der Waals surface area contributed by atoms with Gasteiger partial charge in [0.15, 0.2) is 0 Å². The van der Waals surface area contributed by atoms with E-state index in [1.807, 2.05) is 42.9 Å². The van der Waals surface area contributed by atoms with Gasteiger partial charge in [0, 0.05) is 49.7 Å². The summed E-state index contributed by atoms with van der Waals surface area (Å²) in [5, 5.41) is 3.06. The number of hydrogen-bond donors (Lipinski definition) is 1. The van der Waals surface area contributed by atoms with Crippen LogP contribution in [0.1, 0.15) is 19.8 Å². The molecule has 1 aromatic carbocycles. The standard InChI is InChI=1S/C20H25N5O2/c1-16-18(26)25(17-5-3-2-4-6-17)12-11-24(16)19(27)22-13-20(7-8-20)14-23-10-9-21-15-23/h2-6,9-10,15-16H,7-8,11-14H2,1H3,(H,22,27). The van der Waals surface area contributed by atoms with Crippen molar-refractivity contribution >= 4 is 17.6 Å². The zero-order valence-corrected chi connectivity index (χ0v) is 15.5. The molecule has 1 aliphatic heterocycles. The van der Waals surface area contributed by atoms with Crippen LogP contribution in [0.2, 0.25) is 0 Å². The van der Waals surface area contributed by atoms with Crippen LogP contribution in [0.25, 0.3) is 0 Å². The molecule has 1 saturated heterocycles. The van der Waals surface area contributed by atoms with Gasteiger partial charge in [-0.1, -0.05) is 18.2 Å². The fourth-order valence-corrected chi connectivity index (χ4v) is 3.71. The summed E-state index contributed by atoms with van der Waals surface area (Å²) in [5.41, 5.74) is 1.00. The van der Waals surface area contributed by atoms with Crippen molar-refractivity contribution in [3.63, 3.8) is 0 Å². The highest BCUT2D eigenvalue weighted by atomic mass is 16.2. The van der Waals surface area contributed by atoms with Crippen molar-refractivity contribution in [2.45, 2.75) is 32.4 Å². The number of rotatable bonds is 5. The Hall–Kier alpha value is -2.83. The molecule has 1 aromatic heterocycles. The third-order valence-corrected chi connectivity index (χ3v) is 5.63. The van der Waals surface area contributed by atoms with Crippen molar-refractivity contribution in [2.24, 2.45) is 5.41 Å². The third-order valence-electron chi connectivity index (χ3n) is 5.63. The van der Waals surface area contributed by atoms with Crippen molar-refractivity contribution in [3.05, 3.63) is 49.1 Å². The van der Waals surface area contributed by atoms with E-state index in [0.29, 0.717) is 19.6 Å². The summed E-state index contributed by atoms with van der Waals surface area (Å²) in [6, 6.07) is 8.99. The van der Waals surface area contributed by atoms with Gasteiger partial charge >= 0.3 is 6.03 Å². The molecule has 0 radical (unpaired) electrons. The maximum Gasteiger partial charge on any atom is 0.318 e. The quantitative estimate of drug-likeness (QED) is 0.880. The number of imidazole rings is 1. The Bertz CT molecular complexity index is 801. The Morgan fingerprint density at radius 3 is 2.70 bits per heavy atom. The minimum atomic E-state index is -0.470. The van der Waals surface area contributed by atoms with E-state index in [1.54, 1.807) is 22.9 Å². The summed E-state index contributed by atoms with van der Waals surface area (Å²) >= 11 is 0. The van der Waals surface area contributed by atoms with E-state index < -0.39 is 6.04 Å². The van der Waals surface area contributed by atoms with E-state index in [0.717, 1.165) is 25.1 Å². The van der Waals surface area contributed by atoms with Crippen molar-refractivity contribution in [2.75, 3.05) is 24.5 Å². The second-order valence-corrected chi connectivity index (χ2v) is 7.59. The first-order chi connectivity index (χ1) is 13.1. The SMILES string of the molecule is CC1C(=O)N(c2ccccc2)CCN1C(=O)NCC1(Cn2ccnc2)CC1. The molecule has 1 saturated carbocycles. The molecule has 2 fully saturated rings. The summed E-state index contributed by atoms with van der Waals surface area (Å²) in [7, 11) is 0. The van der Waals surface area contributed by atoms with Gasteiger partial charge < -0.3 is 19.7 Å². The first-order valence-corrected chi connectivity index (χ1v) is 9.45. The van der Waals surface area contributed by atoms with Crippen LogP contribution < -0.4 is 10.2 Å². The molecule has 2 aliphatic rings. The van der Waals surface area contributed by atoms with E-state index in [2.05, 4.69) is 14.9 Å². The first-order valence-electron chi connectivity index (χ1n) is 9.45. The first kappa shape index (κ1) is 17.6. The monoisotopic (exact) mass is 367 g/mol. The number of urea groups is 1. The largest absolute Gasteiger partial charge is 0.337 e. The number of amides is 3. The highest BCUT2D eigenvalue weighted by Crippen LogP contribution is 2.46. The van der Waals surface area contributed by atoms with Crippen molar-refractivity contribution in [1.82, 2.24) is 19.8 Å². The van der Waals surface area contributed by atoms with Crippen LogP contribution in [0.4, 0.5) is 10.5 Å². The molecule has 7 nitrogen and oxygen atoms in total. The number of carbonyl (C=O) groups is 2. The molecule has 3 amide bonds. The minimum absolute atomic E-state index is 0.0397. The van der Waals surface area contributed by atoms with Gasteiger partial charge in [0.05, 0.1) is 6.33 Å². The van der Waals surface area contributed by atoms with Crippen LogP contribution in [-0.2, 0) is 11.3 Å². The van der Waals surface area contributed by atoms with Gasteiger partial charge in [0.1, 0.15) is 6.04 Å². The molecule has 1 aliphatic carbocycles. The number of carbonyl (C=O) groups excluding carboxylic acids is 2. The summed E-state index contributed by atoms with van der Waals surface area (Å²) < 4.78 is 2.06.